The first-order valence-electron chi connectivity index (χ1n) is 9.02. The molecule has 0 fully saturated rings. The molecule has 0 saturated carbocycles. The minimum atomic E-state index is -3.70. The third-order valence-corrected chi connectivity index (χ3v) is 7.86. The van der Waals surface area contributed by atoms with Crippen molar-refractivity contribution in [1.82, 2.24) is 0 Å². The molecule has 1 unspecified atom stereocenters. The second-order valence-electron chi connectivity index (χ2n) is 6.96. The van der Waals surface area contributed by atoms with Gasteiger partial charge in [0, 0.05) is 23.0 Å². The van der Waals surface area contributed by atoms with Crippen LogP contribution in [0, 0.1) is 12.8 Å². The Morgan fingerprint density at radius 3 is 2.76 bits per heavy atom. The van der Waals surface area contributed by atoms with Gasteiger partial charge >= 0.3 is 0 Å². The molecule has 0 bridgehead atoms. The SMILES string of the molecule is Cc1ccc(NC(=O)CCS(=O)(=O)c2ccc3c(c2)NC(=O)C(C)CS3)c(Cl)c1. The fourth-order valence-electron chi connectivity index (χ4n) is 2.75. The molecule has 0 radical (unpaired) electrons. The van der Waals surface area contributed by atoms with Gasteiger partial charge in [0.2, 0.25) is 11.8 Å². The summed E-state index contributed by atoms with van der Waals surface area (Å²) >= 11 is 7.60. The van der Waals surface area contributed by atoms with Crippen molar-refractivity contribution >= 4 is 56.4 Å². The Morgan fingerprint density at radius 2 is 2.03 bits per heavy atom. The third kappa shape index (κ3) is 5.32. The molecule has 6 nitrogen and oxygen atoms in total. The van der Waals surface area contributed by atoms with Gasteiger partial charge in [0.25, 0.3) is 0 Å². The van der Waals surface area contributed by atoms with Crippen molar-refractivity contribution in [3.05, 3.63) is 47.0 Å². The Labute approximate surface area is 179 Å². The van der Waals surface area contributed by atoms with Crippen molar-refractivity contribution < 1.29 is 18.0 Å². The second kappa shape index (κ2) is 8.77. The number of aryl methyl sites for hydroxylation is 1. The molecule has 0 aliphatic carbocycles. The molecule has 1 atom stereocenters. The van der Waals surface area contributed by atoms with E-state index in [9.17, 15) is 18.0 Å². The zero-order chi connectivity index (χ0) is 21.2. The molecule has 3 rings (SSSR count). The quantitative estimate of drug-likeness (QED) is 0.711. The lowest BCUT2D eigenvalue weighted by Crippen LogP contribution is -2.20. The summed E-state index contributed by atoms with van der Waals surface area (Å²) < 4.78 is 25.4. The molecule has 154 valence electrons. The van der Waals surface area contributed by atoms with Crippen LogP contribution in [0.2, 0.25) is 5.02 Å². The zero-order valence-corrected chi connectivity index (χ0v) is 18.4. The van der Waals surface area contributed by atoms with Crippen LogP contribution < -0.4 is 10.6 Å². The predicted molar refractivity (Wildman–Crippen MR) is 116 cm³/mol. The molecule has 2 aromatic carbocycles. The minimum absolute atomic E-state index is 0.0767. The van der Waals surface area contributed by atoms with E-state index in [2.05, 4.69) is 10.6 Å². The number of hydrogen-bond acceptors (Lipinski definition) is 5. The summed E-state index contributed by atoms with van der Waals surface area (Å²) in [6, 6.07) is 9.87. The number of fused-ring (bicyclic) bond motifs is 1. The lowest BCUT2D eigenvalue weighted by molar-refractivity contribution is -0.118. The molecule has 9 heteroatoms. The number of nitrogens with one attached hydrogen (secondary N) is 2. The molecule has 1 aliphatic rings. The summed E-state index contributed by atoms with van der Waals surface area (Å²) in [6.45, 7) is 3.71. The lowest BCUT2D eigenvalue weighted by atomic mass is 10.2. The van der Waals surface area contributed by atoms with E-state index in [1.807, 2.05) is 13.8 Å². The summed E-state index contributed by atoms with van der Waals surface area (Å²) in [6.07, 6.45) is -0.207. The molecule has 1 aliphatic heterocycles. The van der Waals surface area contributed by atoms with E-state index < -0.39 is 15.7 Å². The van der Waals surface area contributed by atoms with Crippen LogP contribution in [0.25, 0.3) is 0 Å². The average molecular weight is 453 g/mol. The fourth-order valence-corrected chi connectivity index (χ4v) is 5.31. The topological polar surface area (TPSA) is 92.3 Å². The first-order valence-corrected chi connectivity index (χ1v) is 12.0. The summed E-state index contributed by atoms with van der Waals surface area (Å²) in [5.41, 5.74) is 1.89. The summed E-state index contributed by atoms with van der Waals surface area (Å²) in [7, 11) is -3.70. The number of carbonyl (C=O) groups is 2. The van der Waals surface area contributed by atoms with Crippen molar-refractivity contribution in [3.63, 3.8) is 0 Å². The van der Waals surface area contributed by atoms with Gasteiger partial charge in [-0.3, -0.25) is 9.59 Å². The van der Waals surface area contributed by atoms with Crippen molar-refractivity contribution in [2.24, 2.45) is 5.92 Å². The Morgan fingerprint density at radius 1 is 1.28 bits per heavy atom. The molecule has 0 aromatic heterocycles. The van der Waals surface area contributed by atoms with Gasteiger partial charge in [0.1, 0.15) is 0 Å². The first kappa shape index (κ1) is 21.7. The Balaban J connectivity index is 1.69. The number of sulfone groups is 1. The monoisotopic (exact) mass is 452 g/mol. The fraction of sp³-hybridized carbons (Fsp3) is 0.300. The standard InChI is InChI=1S/C20H21ClN2O4S2/c1-12-3-5-16(15(21)9-12)22-19(24)7-8-29(26,27)14-4-6-18-17(10-14)23-20(25)13(2)11-28-18/h3-6,9-10,13H,7-8,11H2,1-2H3,(H,22,24)(H,23,25). The predicted octanol–water partition coefficient (Wildman–Crippen LogP) is 4.13. The molecular weight excluding hydrogens is 432 g/mol. The van der Waals surface area contributed by atoms with E-state index in [4.69, 9.17) is 11.6 Å². The molecular formula is C20H21ClN2O4S2. The van der Waals surface area contributed by atoms with Crippen LogP contribution in [0.15, 0.2) is 46.2 Å². The molecule has 2 N–H and O–H groups in total. The van der Waals surface area contributed by atoms with Crippen molar-refractivity contribution in [1.29, 1.82) is 0 Å². The van der Waals surface area contributed by atoms with Gasteiger partial charge in [-0.15, -0.1) is 11.8 Å². The van der Waals surface area contributed by atoms with Gasteiger partial charge < -0.3 is 10.6 Å². The van der Waals surface area contributed by atoms with Crippen LogP contribution in [0.5, 0.6) is 0 Å². The number of amides is 2. The number of halogens is 1. The van der Waals surface area contributed by atoms with Crippen LogP contribution in [0.3, 0.4) is 0 Å². The van der Waals surface area contributed by atoms with Gasteiger partial charge in [0.15, 0.2) is 9.84 Å². The van der Waals surface area contributed by atoms with Crippen LogP contribution in [0.1, 0.15) is 18.9 Å². The normalized spacial score (nSPS) is 16.5. The van der Waals surface area contributed by atoms with E-state index in [0.717, 1.165) is 10.5 Å². The summed E-state index contributed by atoms with van der Waals surface area (Å²) in [5, 5.41) is 5.81. The maximum atomic E-state index is 12.7. The van der Waals surface area contributed by atoms with Crippen LogP contribution in [0.4, 0.5) is 11.4 Å². The maximum Gasteiger partial charge on any atom is 0.228 e. The van der Waals surface area contributed by atoms with Gasteiger partial charge in [-0.1, -0.05) is 24.6 Å². The number of rotatable bonds is 5. The number of carbonyl (C=O) groups excluding carboxylic acids is 2. The minimum Gasteiger partial charge on any atom is -0.325 e. The van der Waals surface area contributed by atoms with Gasteiger partial charge in [-0.25, -0.2) is 8.42 Å². The van der Waals surface area contributed by atoms with Gasteiger partial charge in [0.05, 0.1) is 27.0 Å². The van der Waals surface area contributed by atoms with E-state index in [0.29, 0.717) is 22.2 Å². The van der Waals surface area contributed by atoms with E-state index in [-0.39, 0.29) is 28.9 Å². The van der Waals surface area contributed by atoms with Crippen molar-refractivity contribution in [3.8, 4) is 0 Å². The van der Waals surface area contributed by atoms with Crippen molar-refractivity contribution in [2.75, 3.05) is 22.1 Å². The first-order chi connectivity index (χ1) is 13.7. The largest absolute Gasteiger partial charge is 0.325 e. The summed E-state index contributed by atoms with van der Waals surface area (Å²) in [4.78, 5) is 25.1. The Hall–Kier alpha value is -2.03. The second-order valence-corrected chi connectivity index (χ2v) is 10.5. The van der Waals surface area contributed by atoms with Gasteiger partial charge in [-0.2, -0.15) is 0 Å². The third-order valence-electron chi connectivity index (χ3n) is 4.50. The van der Waals surface area contributed by atoms with E-state index in [1.54, 1.807) is 24.3 Å². The van der Waals surface area contributed by atoms with Crippen LogP contribution in [-0.2, 0) is 19.4 Å². The highest BCUT2D eigenvalue weighted by Crippen LogP contribution is 2.34. The number of anilines is 2. The number of hydrogen-bond donors (Lipinski definition) is 2. The molecule has 1 heterocycles. The highest BCUT2D eigenvalue weighted by molar-refractivity contribution is 7.99. The number of benzene rings is 2. The number of thioether (sulfide) groups is 1. The van der Waals surface area contributed by atoms with Crippen molar-refractivity contribution in [2.45, 2.75) is 30.1 Å². The Kier molecular flexibility index (Phi) is 6.55. The Bertz CT molecular complexity index is 1070. The molecule has 2 amide bonds. The molecule has 2 aromatic rings. The lowest BCUT2D eigenvalue weighted by Gasteiger charge is -2.11. The van der Waals surface area contributed by atoms with Gasteiger partial charge in [-0.05, 0) is 42.8 Å². The molecule has 0 saturated heterocycles. The van der Waals surface area contributed by atoms with E-state index >= 15 is 0 Å². The molecule has 29 heavy (non-hydrogen) atoms. The average Bonchev–Trinajstić information content (AvgIpc) is 2.80. The smallest absolute Gasteiger partial charge is 0.228 e. The highest BCUT2D eigenvalue weighted by atomic mass is 35.5. The van der Waals surface area contributed by atoms with Crippen LogP contribution >= 0.6 is 23.4 Å². The van der Waals surface area contributed by atoms with Crippen LogP contribution in [-0.4, -0.2) is 31.7 Å². The molecule has 0 spiro atoms. The maximum absolute atomic E-state index is 12.7. The zero-order valence-electron chi connectivity index (χ0n) is 16.0. The summed E-state index contributed by atoms with van der Waals surface area (Å²) in [5.74, 6) is -0.456. The highest BCUT2D eigenvalue weighted by Gasteiger charge is 2.23. The van der Waals surface area contributed by atoms with E-state index in [1.165, 1.54) is 23.9 Å².